The first kappa shape index (κ1) is 16.8. The highest BCUT2D eigenvalue weighted by Gasteiger charge is 2.12. The third kappa shape index (κ3) is 13.7. The summed E-state index contributed by atoms with van der Waals surface area (Å²) in [7, 11) is 4.04. The Morgan fingerprint density at radius 2 is 1.88 bits per heavy atom. The van der Waals surface area contributed by atoms with Gasteiger partial charge in [0.15, 0.2) is 0 Å². The van der Waals surface area contributed by atoms with Crippen molar-refractivity contribution in [3.63, 3.8) is 0 Å². The number of nitrogens with zero attached hydrogens (tertiary/aromatic N) is 1. The Morgan fingerprint density at radius 3 is 2.41 bits per heavy atom. The number of nitrogens with one attached hydrogen (secondary N) is 1. The van der Waals surface area contributed by atoms with Gasteiger partial charge in [-0.25, -0.2) is 0 Å². The predicted octanol–water partition coefficient (Wildman–Crippen LogP) is 0.288. The molecule has 0 aliphatic carbocycles. The SMILES string of the molecule is CC(CNC(C)(C)O)OCCOCCN(C)C. The number of likely N-dealkylation sites (N-methyl/N-ethyl adjacent to an activating group) is 1. The van der Waals surface area contributed by atoms with Gasteiger partial charge in [0.25, 0.3) is 0 Å². The van der Waals surface area contributed by atoms with Gasteiger partial charge < -0.3 is 19.5 Å². The lowest BCUT2D eigenvalue weighted by atomic mass is 10.3. The summed E-state index contributed by atoms with van der Waals surface area (Å²) in [6.07, 6.45) is 0.0684. The molecule has 0 aromatic heterocycles. The molecule has 0 aromatic rings. The summed E-state index contributed by atoms with van der Waals surface area (Å²) in [4.78, 5) is 2.08. The second-order valence-corrected chi connectivity index (χ2v) is 5.04. The summed E-state index contributed by atoms with van der Waals surface area (Å²) in [5, 5.41) is 12.4. The molecule has 0 aliphatic rings. The van der Waals surface area contributed by atoms with Gasteiger partial charge in [0.1, 0.15) is 5.72 Å². The standard InChI is InChI=1S/C12H28N2O3/c1-11(10-13-12(2,3)15)17-9-8-16-7-6-14(4)5/h11,13,15H,6-10H2,1-5H3. The Morgan fingerprint density at radius 1 is 1.24 bits per heavy atom. The molecular formula is C12H28N2O3. The molecule has 0 aromatic carbocycles. The average molecular weight is 248 g/mol. The van der Waals surface area contributed by atoms with Crippen molar-refractivity contribution >= 4 is 0 Å². The van der Waals surface area contributed by atoms with E-state index < -0.39 is 5.72 Å². The molecule has 0 bridgehead atoms. The summed E-state index contributed by atoms with van der Waals surface area (Å²) < 4.78 is 10.9. The van der Waals surface area contributed by atoms with Gasteiger partial charge in [0.05, 0.1) is 25.9 Å². The van der Waals surface area contributed by atoms with E-state index in [9.17, 15) is 5.11 Å². The number of ether oxygens (including phenoxy) is 2. The lowest BCUT2D eigenvalue weighted by Crippen LogP contribution is -2.43. The molecule has 5 nitrogen and oxygen atoms in total. The van der Waals surface area contributed by atoms with Crippen molar-refractivity contribution in [2.24, 2.45) is 0 Å². The monoisotopic (exact) mass is 248 g/mol. The maximum Gasteiger partial charge on any atom is 0.110 e. The van der Waals surface area contributed by atoms with Gasteiger partial charge in [-0.1, -0.05) is 0 Å². The molecule has 0 saturated carbocycles. The summed E-state index contributed by atoms with van der Waals surface area (Å²) in [6, 6.07) is 0. The van der Waals surface area contributed by atoms with Crippen LogP contribution in [0.4, 0.5) is 0 Å². The van der Waals surface area contributed by atoms with Crippen LogP contribution in [0.1, 0.15) is 20.8 Å². The van der Waals surface area contributed by atoms with Gasteiger partial charge >= 0.3 is 0 Å². The molecular weight excluding hydrogens is 220 g/mol. The molecule has 0 saturated heterocycles. The van der Waals surface area contributed by atoms with Crippen LogP contribution in [0.5, 0.6) is 0 Å². The minimum absolute atomic E-state index is 0.0684. The average Bonchev–Trinajstić information content (AvgIpc) is 2.19. The van der Waals surface area contributed by atoms with Crippen molar-refractivity contribution in [2.75, 3.05) is 47.0 Å². The maximum absolute atomic E-state index is 9.46. The second-order valence-electron chi connectivity index (χ2n) is 5.04. The minimum Gasteiger partial charge on any atom is -0.378 e. The molecule has 0 amide bonds. The minimum atomic E-state index is -0.847. The first-order valence-electron chi connectivity index (χ1n) is 6.13. The lowest BCUT2D eigenvalue weighted by molar-refractivity contribution is -0.0106. The highest BCUT2D eigenvalue weighted by atomic mass is 16.5. The zero-order valence-electron chi connectivity index (χ0n) is 11.8. The first-order valence-corrected chi connectivity index (χ1v) is 6.13. The van der Waals surface area contributed by atoms with Gasteiger partial charge in [-0.05, 0) is 34.9 Å². The van der Waals surface area contributed by atoms with E-state index >= 15 is 0 Å². The zero-order valence-corrected chi connectivity index (χ0v) is 11.8. The Hall–Kier alpha value is -0.200. The highest BCUT2D eigenvalue weighted by Crippen LogP contribution is 1.96. The molecule has 0 fully saturated rings. The lowest BCUT2D eigenvalue weighted by Gasteiger charge is -2.22. The molecule has 0 spiro atoms. The van der Waals surface area contributed by atoms with E-state index in [1.807, 2.05) is 21.0 Å². The van der Waals surface area contributed by atoms with E-state index in [0.29, 0.717) is 19.8 Å². The summed E-state index contributed by atoms with van der Waals surface area (Å²) in [5.74, 6) is 0. The molecule has 0 rings (SSSR count). The van der Waals surface area contributed by atoms with E-state index in [4.69, 9.17) is 9.47 Å². The second kappa shape index (κ2) is 8.83. The largest absolute Gasteiger partial charge is 0.378 e. The van der Waals surface area contributed by atoms with E-state index in [1.165, 1.54) is 0 Å². The number of rotatable bonds is 10. The van der Waals surface area contributed by atoms with Crippen LogP contribution in [0.3, 0.4) is 0 Å². The Balaban J connectivity index is 3.31. The number of aliphatic hydroxyl groups is 1. The van der Waals surface area contributed by atoms with Crippen LogP contribution in [0.25, 0.3) is 0 Å². The summed E-state index contributed by atoms with van der Waals surface area (Å²) in [6.45, 7) is 8.87. The van der Waals surface area contributed by atoms with E-state index in [2.05, 4.69) is 10.2 Å². The molecule has 0 heterocycles. The third-order valence-electron chi connectivity index (χ3n) is 2.14. The predicted molar refractivity (Wildman–Crippen MR) is 69.1 cm³/mol. The van der Waals surface area contributed by atoms with Crippen LogP contribution < -0.4 is 5.32 Å². The van der Waals surface area contributed by atoms with E-state index in [0.717, 1.165) is 13.2 Å². The Kier molecular flexibility index (Phi) is 8.72. The van der Waals surface area contributed by atoms with E-state index in [-0.39, 0.29) is 6.10 Å². The summed E-state index contributed by atoms with van der Waals surface area (Å²) in [5.41, 5.74) is -0.847. The van der Waals surface area contributed by atoms with Crippen LogP contribution in [0, 0.1) is 0 Å². The molecule has 17 heavy (non-hydrogen) atoms. The fourth-order valence-electron chi connectivity index (χ4n) is 1.11. The fourth-order valence-corrected chi connectivity index (χ4v) is 1.11. The Labute approximate surface area is 105 Å². The van der Waals surface area contributed by atoms with Gasteiger partial charge in [-0.15, -0.1) is 0 Å². The van der Waals surface area contributed by atoms with Gasteiger partial charge in [-0.3, -0.25) is 5.32 Å². The molecule has 1 atom stereocenters. The molecule has 5 heteroatoms. The topological polar surface area (TPSA) is 54.0 Å². The van der Waals surface area contributed by atoms with Crippen LogP contribution in [0.2, 0.25) is 0 Å². The van der Waals surface area contributed by atoms with Gasteiger partial charge in [-0.2, -0.15) is 0 Å². The highest BCUT2D eigenvalue weighted by molar-refractivity contribution is 4.64. The first-order chi connectivity index (χ1) is 7.81. The third-order valence-corrected chi connectivity index (χ3v) is 2.14. The van der Waals surface area contributed by atoms with Gasteiger partial charge in [0.2, 0.25) is 0 Å². The van der Waals surface area contributed by atoms with Crippen molar-refractivity contribution in [3.8, 4) is 0 Å². The Bertz CT molecular complexity index is 181. The number of hydrogen-bond acceptors (Lipinski definition) is 5. The molecule has 104 valence electrons. The quantitative estimate of drug-likeness (QED) is 0.430. The summed E-state index contributed by atoms with van der Waals surface area (Å²) >= 11 is 0. The van der Waals surface area contributed by atoms with Crippen LogP contribution >= 0.6 is 0 Å². The molecule has 1 unspecified atom stereocenters. The molecule has 0 aliphatic heterocycles. The van der Waals surface area contributed by atoms with Crippen molar-refractivity contribution < 1.29 is 14.6 Å². The maximum atomic E-state index is 9.46. The van der Waals surface area contributed by atoms with Crippen LogP contribution in [-0.4, -0.2) is 68.8 Å². The number of hydrogen-bond donors (Lipinski definition) is 2. The van der Waals surface area contributed by atoms with Crippen LogP contribution in [0.15, 0.2) is 0 Å². The normalized spacial score (nSPS) is 14.3. The van der Waals surface area contributed by atoms with Crippen LogP contribution in [-0.2, 0) is 9.47 Å². The van der Waals surface area contributed by atoms with Crippen molar-refractivity contribution in [3.05, 3.63) is 0 Å². The molecule has 2 N–H and O–H groups in total. The fraction of sp³-hybridized carbons (Fsp3) is 1.00. The van der Waals surface area contributed by atoms with Crippen molar-refractivity contribution in [2.45, 2.75) is 32.6 Å². The van der Waals surface area contributed by atoms with Crippen molar-refractivity contribution in [1.82, 2.24) is 10.2 Å². The smallest absolute Gasteiger partial charge is 0.110 e. The molecule has 0 radical (unpaired) electrons. The zero-order chi connectivity index (χ0) is 13.3. The van der Waals surface area contributed by atoms with Gasteiger partial charge in [0, 0.05) is 13.1 Å². The van der Waals surface area contributed by atoms with Crippen molar-refractivity contribution in [1.29, 1.82) is 0 Å². The van der Waals surface area contributed by atoms with E-state index in [1.54, 1.807) is 13.8 Å².